The van der Waals surface area contributed by atoms with Gasteiger partial charge in [0.25, 0.3) is 0 Å². The van der Waals surface area contributed by atoms with E-state index in [0.29, 0.717) is 17.2 Å². The van der Waals surface area contributed by atoms with E-state index in [-0.39, 0.29) is 29.2 Å². The van der Waals surface area contributed by atoms with Crippen molar-refractivity contribution in [1.82, 2.24) is 5.32 Å². The highest BCUT2D eigenvalue weighted by atomic mass is 19.1. The Bertz CT molecular complexity index is 695. The lowest BCUT2D eigenvalue weighted by Crippen LogP contribution is -2.48. The molecule has 1 aliphatic carbocycles. The molecule has 0 unspecified atom stereocenters. The second-order valence-electron chi connectivity index (χ2n) is 8.17. The number of piperidine rings is 1. The second-order valence-corrected chi connectivity index (χ2v) is 8.17. The van der Waals surface area contributed by atoms with E-state index in [1.54, 1.807) is 0 Å². The van der Waals surface area contributed by atoms with Crippen molar-refractivity contribution in [3.05, 3.63) is 29.1 Å². The predicted molar refractivity (Wildman–Crippen MR) is 96.8 cm³/mol. The van der Waals surface area contributed by atoms with Crippen LogP contribution in [0.4, 0.5) is 4.39 Å². The van der Waals surface area contributed by atoms with Crippen LogP contribution in [0.3, 0.4) is 0 Å². The van der Waals surface area contributed by atoms with Crippen LogP contribution in [0.1, 0.15) is 56.1 Å². The summed E-state index contributed by atoms with van der Waals surface area (Å²) in [5.41, 5.74) is 1.34. The van der Waals surface area contributed by atoms with Crippen LogP contribution in [0.5, 0.6) is 5.75 Å². The van der Waals surface area contributed by atoms with Gasteiger partial charge in [0.15, 0.2) is 11.6 Å². The van der Waals surface area contributed by atoms with E-state index >= 15 is 4.39 Å². The van der Waals surface area contributed by atoms with Crippen LogP contribution >= 0.6 is 0 Å². The van der Waals surface area contributed by atoms with Crippen molar-refractivity contribution in [3.63, 3.8) is 0 Å². The first-order valence-electron chi connectivity index (χ1n) is 9.83. The molecular weight excluding hydrogens is 333 g/mol. The zero-order chi connectivity index (χ0) is 18.3. The van der Waals surface area contributed by atoms with Gasteiger partial charge in [-0.05, 0) is 68.7 Å². The average molecular weight is 361 g/mol. The molecule has 142 valence electrons. The van der Waals surface area contributed by atoms with Gasteiger partial charge in [0.1, 0.15) is 5.60 Å². The van der Waals surface area contributed by atoms with Crippen LogP contribution in [0, 0.1) is 17.7 Å². The normalized spacial score (nSPS) is 23.7. The van der Waals surface area contributed by atoms with Gasteiger partial charge in [0.05, 0.1) is 13.0 Å². The molecule has 1 saturated carbocycles. The number of halogens is 1. The molecule has 0 radical (unpaired) electrons. The standard InChI is InChI=1S/C21H28FNO3/c1-13(20(24)25-2)17(14-3-4-14)16-6-5-15-7-8-21(9-11-23-12-10-21)26-19(15)18(16)22/h5-6,13-14,17,23H,3-4,7-12H2,1-2H3/t13-,17+/m1/s1. The van der Waals surface area contributed by atoms with E-state index in [4.69, 9.17) is 9.47 Å². The highest BCUT2D eigenvalue weighted by Crippen LogP contribution is 2.50. The number of aryl methyl sites for hydroxylation is 1. The topological polar surface area (TPSA) is 47.6 Å². The van der Waals surface area contributed by atoms with Gasteiger partial charge in [-0.1, -0.05) is 19.1 Å². The maximum Gasteiger partial charge on any atom is 0.309 e. The largest absolute Gasteiger partial charge is 0.484 e. The van der Waals surface area contributed by atoms with Gasteiger partial charge in [0.2, 0.25) is 0 Å². The summed E-state index contributed by atoms with van der Waals surface area (Å²) in [6.45, 7) is 3.68. The lowest BCUT2D eigenvalue weighted by atomic mass is 9.80. The van der Waals surface area contributed by atoms with Crippen molar-refractivity contribution in [3.8, 4) is 5.75 Å². The van der Waals surface area contributed by atoms with Gasteiger partial charge in [-0.15, -0.1) is 0 Å². The smallest absolute Gasteiger partial charge is 0.309 e. The molecule has 1 spiro atoms. The van der Waals surface area contributed by atoms with Crippen LogP contribution in [0.25, 0.3) is 0 Å². The fourth-order valence-corrected chi connectivity index (χ4v) is 4.76. The summed E-state index contributed by atoms with van der Waals surface area (Å²) in [4.78, 5) is 12.1. The van der Waals surface area contributed by atoms with Crippen LogP contribution in [-0.4, -0.2) is 31.8 Å². The van der Waals surface area contributed by atoms with Crippen molar-refractivity contribution >= 4 is 5.97 Å². The van der Waals surface area contributed by atoms with Crippen LogP contribution < -0.4 is 10.1 Å². The summed E-state index contributed by atoms with van der Waals surface area (Å²) in [5.74, 6) is -0.229. The molecule has 1 aromatic rings. The molecular formula is C21H28FNO3. The zero-order valence-corrected chi connectivity index (χ0v) is 15.6. The highest BCUT2D eigenvalue weighted by Gasteiger charge is 2.43. The number of carbonyl (C=O) groups is 1. The molecule has 0 aromatic heterocycles. The maximum atomic E-state index is 15.6. The maximum absolute atomic E-state index is 15.6. The van der Waals surface area contributed by atoms with E-state index in [2.05, 4.69) is 5.32 Å². The molecule has 1 aromatic carbocycles. The molecule has 4 nitrogen and oxygen atoms in total. The number of ether oxygens (including phenoxy) is 2. The van der Waals surface area contributed by atoms with Crippen LogP contribution in [0.2, 0.25) is 0 Å². The molecule has 0 amide bonds. The minimum absolute atomic E-state index is 0.137. The molecule has 3 aliphatic rings. The molecule has 2 fully saturated rings. The van der Waals surface area contributed by atoms with E-state index in [1.807, 2.05) is 19.1 Å². The minimum atomic E-state index is -0.350. The Hall–Kier alpha value is -1.62. The zero-order valence-electron chi connectivity index (χ0n) is 15.6. The lowest BCUT2D eigenvalue weighted by Gasteiger charge is -2.42. The third-order valence-electron chi connectivity index (χ3n) is 6.49. The van der Waals surface area contributed by atoms with Crippen molar-refractivity contribution in [1.29, 1.82) is 0 Å². The SMILES string of the molecule is COC(=O)[C@H](C)[C@H](c1ccc2c(c1F)OC1(CCNCC1)CC2)C1CC1. The molecule has 4 rings (SSSR count). The molecule has 2 heterocycles. The van der Waals surface area contributed by atoms with Gasteiger partial charge >= 0.3 is 5.97 Å². The Morgan fingerprint density at radius 3 is 2.69 bits per heavy atom. The number of esters is 1. The lowest BCUT2D eigenvalue weighted by molar-refractivity contribution is -0.145. The molecule has 5 heteroatoms. The monoisotopic (exact) mass is 361 g/mol. The van der Waals surface area contributed by atoms with Crippen molar-refractivity contribution in [2.45, 2.75) is 57.0 Å². The molecule has 0 bridgehead atoms. The molecule has 26 heavy (non-hydrogen) atoms. The second kappa shape index (κ2) is 6.84. The molecule has 2 aliphatic heterocycles. The molecule has 1 N–H and O–H groups in total. The van der Waals surface area contributed by atoms with Crippen LogP contribution in [-0.2, 0) is 16.0 Å². The van der Waals surface area contributed by atoms with E-state index in [9.17, 15) is 4.79 Å². The summed E-state index contributed by atoms with van der Waals surface area (Å²) in [5, 5.41) is 3.36. The number of hydrogen-bond donors (Lipinski definition) is 1. The highest BCUT2D eigenvalue weighted by molar-refractivity contribution is 5.73. The number of fused-ring (bicyclic) bond motifs is 1. The number of rotatable bonds is 4. The predicted octanol–water partition coefficient (Wildman–Crippen LogP) is 3.58. The Kier molecular flexibility index (Phi) is 4.68. The van der Waals surface area contributed by atoms with Crippen LogP contribution in [0.15, 0.2) is 12.1 Å². The number of nitrogens with one attached hydrogen (secondary N) is 1. The summed E-state index contributed by atoms with van der Waals surface area (Å²) in [6, 6.07) is 3.88. The van der Waals surface area contributed by atoms with Gasteiger partial charge in [0, 0.05) is 5.92 Å². The van der Waals surface area contributed by atoms with Gasteiger partial charge in [-0.2, -0.15) is 0 Å². The summed E-state index contributed by atoms with van der Waals surface area (Å²) >= 11 is 0. The Balaban J connectivity index is 1.68. The quantitative estimate of drug-likeness (QED) is 0.833. The van der Waals surface area contributed by atoms with Crippen molar-refractivity contribution in [2.75, 3.05) is 20.2 Å². The van der Waals surface area contributed by atoms with E-state index in [0.717, 1.165) is 57.2 Å². The summed E-state index contributed by atoms with van der Waals surface area (Å²) in [6.07, 6.45) is 5.72. The first kappa shape index (κ1) is 17.8. The first-order valence-corrected chi connectivity index (χ1v) is 9.83. The number of carbonyl (C=O) groups excluding carboxylic acids is 1. The fourth-order valence-electron chi connectivity index (χ4n) is 4.76. The van der Waals surface area contributed by atoms with E-state index in [1.165, 1.54) is 7.11 Å². The first-order chi connectivity index (χ1) is 12.5. The van der Waals surface area contributed by atoms with Gasteiger partial charge in [-0.3, -0.25) is 4.79 Å². The third-order valence-corrected chi connectivity index (χ3v) is 6.49. The number of hydrogen-bond acceptors (Lipinski definition) is 4. The minimum Gasteiger partial charge on any atom is -0.484 e. The average Bonchev–Trinajstić information content (AvgIpc) is 3.49. The Morgan fingerprint density at radius 2 is 2.04 bits per heavy atom. The number of benzene rings is 1. The van der Waals surface area contributed by atoms with Gasteiger partial charge in [-0.25, -0.2) is 4.39 Å². The Morgan fingerprint density at radius 1 is 1.31 bits per heavy atom. The van der Waals surface area contributed by atoms with Crippen molar-refractivity contribution < 1.29 is 18.7 Å². The summed E-state index contributed by atoms with van der Waals surface area (Å²) < 4.78 is 26.8. The van der Waals surface area contributed by atoms with E-state index < -0.39 is 0 Å². The Labute approximate surface area is 154 Å². The molecule has 2 atom stereocenters. The van der Waals surface area contributed by atoms with Crippen molar-refractivity contribution in [2.24, 2.45) is 11.8 Å². The molecule has 1 saturated heterocycles. The number of methoxy groups -OCH3 is 1. The van der Waals surface area contributed by atoms with Gasteiger partial charge < -0.3 is 14.8 Å². The summed E-state index contributed by atoms with van der Waals surface area (Å²) in [7, 11) is 1.40. The third kappa shape index (κ3) is 3.11. The fraction of sp³-hybridized carbons (Fsp3) is 0.667.